The molecular formula is C27H26F3N3OS. The summed E-state index contributed by atoms with van der Waals surface area (Å²) in [5, 5.41) is 3.88. The predicted octanol–water partition coefficient (Wildman–Crippen LogP) is 6.71. The number of benzene rings is 2. The molecule has 2 aromatic carbocycles. The molecule has 2 heterocycles. The first-order valence-corrected chi connectivity index (χ1v) is 12.4. The summed E-state index contributed by atoms with van der Waals surface area (Å²) >= 11 is 1.78. The molecule has 0 atom stereocenters. The second-order valence-electron chi connectivity index (χ2n) is 8.14. The zero-order valence-corrected chi connectivity index (χ0v) is 20.3. The molecule has 0 bridgehead atoms. The van der Waals surface area contributed by atoms with Gasteiger partial charge < -0.3 is 9.88 Å². The molecule has 0 saturated heterocycles. The van der Waals surface area contributed by atoms with E-state index < -0.39 is 11.9 Å². The van der Waals surface area contributed by atoms with Crippen LogP contribution in [0.15, 0.2) is 71.8 Å². The van der Waals surface area contributed by atoms with E-state index in [4.69, 9.17) is 0 Å². The summed E-state index contributed by atoms with van der Waals surface area (Å²) in [4.78, 5) is 17.5. The molecule has 2 aromatic heterocycles. The first-order valence-electron chi connectivity index (χ1n) is 11.4. The molecule has 8 heteroatoms. The van der Waals surface area contributed by atoms with Crippen LogP contribution in [0.25, 0.3) is 10.9 Å². The maximum Gasteiger partial charge on any atom is 0.433 e. The minimum absolute atomic E-state index is 0.156. The Morgan fingerprint density at radius 3 is 2.37 bits per heavy atom. The third kappa shape index (κ3) is 5.88. The van der Waals surface area contributed by atoms with E-state index in [1.807, 2.05) is 37.3 Å². The minimum atomic E-state index is -4.45. The Labute approximate surface area is 206 Å². The third-order valence-electron chi connectivity index (χ3n) is 5.75. The summed E-state index contributed by atoms with van der Waals surface area (Å²) in [5.74, 6) is 0.859. The van der Waals surface area contributed by atoms with Crippen molar-refractivity contribution in [1.82, 2.24) is 14.9 Å². The zero-order chi connectivity index (χ0) is 25.0. The highest BCUT2D eigenvalue weighted by atomic mass is 32.2. The minimum Gasteiger partial charge on any atom is -0.348 e. The number of thioether (sulfide) groups is 1. The van der Waals surface area contributed by atoms with E-state index in [-0.39, 0.29) is 5.91 Å². The average Bonchev–Trinajstić information content (AvgIpc) is 3.19. The summed E-state index contributed by atoms with van der Waals surface area (Å²) in [6.45, 7) is 5.26. The van der Waals surface area contributed by atoms with E-state index in [0.29, 0.717) is 30.6 Å². The third-order valence-corrected chi connectivity index (χ3v) is 6.65. The lowest BCUT2D eigenvalue weighted by molar-refractivity contribution is -0.141. The number of nitrogens with one attached hydrogen (secondary N) is 1. The molecule has 0 aliphatic rings. The van der Waals surface area contributed by atoms with Crippen molar-refractivity contribution in [3.8, 4) is 0 Å². The van der Waals surface area contributed by atoms with Gasteiger partial charge in [0.2, 0.25) is 0 Å². The van der Waals surface area contributed by atoms with Gasteiger partial charge >= 0.3 is 6.18 Å². The van der Waals surface area contributed by atoms with Crippen LogP contribution in [0.2, 0.25) is 0 Å². The maximum absolute atomic E-state index is 12.8. The number of aromatic nitrogens is 2. The lowest BCUT2D eigenvalue weighted by Crippen LogP contribution is -2.22. The van der Waals surface area contributed by atoms with Crippen molar-refractivity contribution in [3.63, 3.8) is 0 Å². The van der Waals surface area contributed by atoms with Crippen LogP contribution in [-0.4, -0.2) is 21.2 Å². The first kappa shape index (κ1) is 24.9. The molecule has 0 aliphatic carbocycles. The molecule has 0 aliphatic heterocycles. The van der Waals surface area contributed by atoms with Gasteiger partial charge in [-0.05, 0) is 66.3 Å². The molecule has 0 fully saturated rings. The van der Waals surface area contributed by atoms with Gasteiger partial charge in [0.25, 0.3) is 5.91 Å². The number of carbonyl (C=O) groups excluding carboxylic acids is 1. The summed E-state index contributed by atoms with van der Waals surface area (Å²) in [6.07, 6.45) is -2.74. The number of fused-ring (bicyclic) bond motifs is 1. The van der Waals surface area contributed by atoms with Crippen LogP contribution in [0, 0.1) is 0 Å². The molecule has 4 aromatic rings. The van der Waals surface area contributed by atoms with Gasteiger partial charge in [0.1, 0.15) is 5.69 Å². The quantitative estimate of drug-likeness (QED) is 0.275. The van der Waals surface area contributed by atoms with Gasteiger partial charge in [-0.1, -0.05) is 25.1 Å². The first-order chi connectivity index (χ1) is 16.8. The number of pyridine rings is 1. The molecule has 4 nitrogen and oxygen atoms in total. The van der Waals surface area contributed by atoms with Crippen LogP contribution >= 0.6 is 11.8 Å². The summed E-state index contributed by atoms with van der Waals surface area (Å²) in [6, 6.07) is 18.2. The van der Waals surface area contributed by atoms with Crippen LogP contribution in [0.4, 0.5) is 13.2 Å². The van der Waals surface area contributed by atoms with Gasteiger partial charge in [0.15, 0.2) is 0 Å². The van der Waals surface area contributed by atoms with Gasteiger partial charge in [0, 0.05) is 52.8 Å². The normalized spacial score (nSPS) is 11.7. The van der Waals surface area contributed by atoms with Crippen molar-refractivity contribution in [1.29, 1.82) is 0 Å². The highest BCUT2D eigenvalue weighted by Crippen LogP contribution is 2.28. The van der Waals surface area contributed by atoms with Crippen molar-refractivity contribution >= 4 is 28.6 Å². The van der Waals surface area contributed by atoms with E-state index in [9.17, 15) is 18.0 Å². The summed E-state index contributed by atoms with van der Waals surface area (Å²) < 4.78 is 40.5. The molecule has 0 spiro atoms. The van der Waals surface area contributed by atoms with Crippen molar-refractivity contribution in [2.45, 2.75) is 44.4 Å². The second kappa shape index (κ2) is 10.6. The number of carbonyl (C=O) groups is 1. The Hall–Kier alpha value is -3.26. The Kier molecular flexibility index (Phi) is 7.50. The van der Waals surface area contributed by atoms with Crippen LogP contribution in [0.3, 0.4) is 0 Å². The lowest BCUT2D eigenvalue weighted by atomic mass is 10.1. The highest BCUT2D eigenvalue weighted by Gasteiger charge is 2.32. The Morgan fingerprint density at radius 1 is 1.00 bits per heavy atom. The van der Waals surface area contributed by atoms with Crippen molar-refractivity contribution in [2.75, 3.05) is 5.75 Å². The number of nitrogens with zero attached hydrogens (tertiary/aromatic N) is 2. The maximum atomic E-state index is 12.8. The topological polar surface area (TPSA) is 46.9 Å². The smallest absolute Gasteiger partial charge is 0.348 e. The molecule has 1 amide bonds. The van der Waals surface area contributed by atoms with Crippen molar-refractivity contribution in [2.24, 2.45) is 0 Å². The summed E-state index contributed by atoms with van der Waals surface area (Å²) in [5.41, 5.74) is 3.31. The van der Waals surface area contributed by atoms with Gasteiger partial charge in [-0.15, -0.1) is 11.8 Å². The molecular weight excluding hydrogens is 471 g/mol. The van der Waals surface area contributed by atoms with Crippen LogP contribution in [-0.2, 0) is 25.7 Å². The molecule has 182 valence electrons. The van der Waals surface area contributed by atoms with Crippen molar-refractivity contribution < 1.29 is 18.0 Å². The number of hydrogen-bond acceptors (Lipinski definition) is 3. The second-order valence-corrected chi connectivity index (χ2v) is 9.48. The van der Waals surface area contributed by atoms with Crippen LogP contribution in [0.1, 0.15) is 46.7 Å². The Morgan fingerprint density at radius 2 is 1.74 bits per heavy atom. The molecule has 4 rings (SSSR count). The number of aryl methyl sites for hydroxylation is 1. The number of halogens is 3. The molecule has 35 heavy (non-hydrogen) atoms. The summed E-state index contributed by atoms with van der Waals surface area (Å²) in [7, 11) is 0. The highest BCUT2D eigenvalue weighted by molar-refractivity contribution is 7.99. The van der Waals surface area contributed by atoms with Gasteiger partial charge in [-0.3, -0.25) is 9.78 Å². The van der Waals surface area contributed by atoms with Crippen LogP contribution < -0.4 is 5.32 Å². The monoisotopic (exact) mass is 497 g/mol. The molecule has 0 saturated carbocycles. The number of hydrogen-bond donors (Lipinski definition) is 1. The fraction of sp³-hybridized carbons (Fsp3) is 0.259. The Balaban J connectivity index is 1.49. The standard InChI is InChI=1S/C27H26F3N3OS/c1-3-33-22(13-19-7-12-25(31-17-19)27(28,29)30)15-21-14-20(8-11-24(21)33)26(34)32-16-18-5-9-23(10-6-18)35-4-2/h5-12,14-15,17H,3-4,13,16H2,1-2H3,(H,32,34). The van der Waals surface area contributed by atoms with Crippen LogP contribution in [0.5, 0.6) is 0 Å². The SMILES string of the molecule is CCSc1ccc(CNC(=O)c2ccc3c(c2)cc(Cc2ccc(C(F)(F)F)nc2)n3CC)cc1. The zero-order valence-electron chi connectivity index (χ0n) is 19.5. The van der Waals surface area contributed by atoms with E-state index in [1.54, 1.807) is 17.8 Å². The number of amides is 1. The van der Waals surface area contributed by atoms with E-state index >= 15 is 0 Å². The van der Waals surface area contributed by atoms with Gasteiger partial charge in [-0.2, -0.15) is 13.2 Å². The molecule has 0 unspecified atom stereocenters. The molecule has 1 N–H and O–H groups in total. The Bertz CT molecular complexity index is 1310. The predicted molar refractivity (Wildman–Crippen MR) is 134 cm³/mol. The number of rotatable bonds is 8. The molecule has 0 radical (unpaired) electrons. The fourth-order valence-corrected chi connectivity index (χ4v) is 4.71. The van der Waals surface area contributed by atoms with E-state index in [0.717, 1.165) is 34.0 Å². The van der Waals surface area contributed by atoms with Gasteiger partial charge in [-0.25, -0.2) is 0 Å². The number of alkyl halides is 3. The average molecular weight is 498 g/mol. The fourth-order valence-electron chi connectivity index (χ4n) is 4.05. The largest absolute Gasteiger partial charge is 0.433 e. The van der Waals surface area contributed by atoms with E-state index in [2.05, 4.69) is 33.9 Å². The lowest BCUT2D eigenvalue weighted by Gasteiger charge is -2.10. The van der Waals surface area contributed by atoms with Gasteiger partial charge in [0.05, 0.1) is 0 Å². The van der Waals surface area contributed by atoms with Crippen molar-refractivity contribution in [3.05, 3.63) is 94.9 Å². The van der Waals surface area contributed by atoms with E-state index in [1.165, 1.54) is 17.2 Å².